The fourth-order valence-electron chi connectivity index (χ4n) is 1.75. The number of esters is 1. The fraction of sp³-hybridized carbons (Fsp3) is 0.308. The van der Waals surface area contributed by atoms with E-state index in [2.05, 4.69) is 4.74 Å². The highest BCUT2D eigenvalue weighted by atomic mass is 16.6. The first-order chi connectivity index (χ1) is 9.13. The number of hydrogen-bond donors (Lipinski definition) is 0. The van der Waals surface area contributed by atoms with Crippen molar-refractivity contribution in [1.82, 2.24) is 4.90 Å². The highest BCUT2D eigenvalue weighted by molar-refractivity contribution is 6.11. The monoisotopic (exact) mass is 263 g/mol. The summed E-state index contributed by atoms with van der Waals surface area (Å²) in [6.45, 7) is -0.0222. The number of hydrogen-bond acceptors (Lipinski definition) is 5. The summed E-state index contributed by atoms with van der Waals surface area (Å²) in [6.07, 6.45) is -0.696. The van der Waals surface area contributed by atoms with E-state index in [4.69, 9.17) is 4.74 Å². The molecule has 0 N–H and O–H groups in total. The molecule has 19 heavy (non-hydrogen) atoms. The molecule has 1 aliphatic rings. The highest BCUT2D eigenvalue weighted by Crippen LogP contribution is 2.17. The van der Waals surface area contributed by atoms with Gasteiger partial charge in [-0.15, -0.1) is 0 Å². The maximum atomic E-state index is 11.7. The predicted molar refractivity (Wildman–Crippen MR) is 64.1 cm³/mol. The van der Waals surface area contributed by atoms with Gasteiger partial charge in [-0.25, -0.2) is 9.59 Å². The Balaban J connectivity index is 1.90. The van der Waals surface area contributed by atoms with Crippen molar-refractivity contribution in [3.05, 3.63) is 35.9 Å². The van der Waals surface area contributed by atoms with E-state index in [-0.39, 0.29) is 18.9 Å². The lowest BCUT2D eigenvalue weighted by Crippen LogP contribution is -2.63. The Hall–Kier alpha value is -2.37. The van der Waals surface area contributed by atoms with Crippen molar-refractivity contribution in [2.24, 2.45) is 0 Å². The van der Waals surface area contributed by atoms with Crippen LogP contribution in [-0.2, 0) is 25.7 Å². The number of carbonyl (C=O) groups excluding carboxylic acids is 3. The number of rotatable bonds is 3. The van der Waals surface area contributed by atoms with Crippen LogP contribution in [0.1, 0.15) is 5.56 Å². The van der Waals surface area contributed by atoms with Crippen LogP contribution in [0.25, 0.3) is 0 Å². The molecule has 1 aliphatic heterocycles. The fourth-order valence-corrected chi connectivity index (χ4v) is 1.75. The van der Waals surface area contributed by atoms with E-state index in [1.54, 1.807) is 0 Å². The van der Waals surface area contributed by atoms with Crippen LogP contribution in [0, 0.1) is 0 Å². The standard InChI is InChI=1S/C13H13NO5/c1-18-12(16)11-10(15)7-14(11)13(17)19-8-9-5-3-2-4-6-9/h2-6,11H,7-8H2,1H3. The Bertz CT molecular complexity index is 499. The van der Waals surface area contributed by atoms with Crippen molar-refractivity contribution < 1.29 is 23.9 Å². The van der Waals surface area contributed by atoms with Crippen LogP contribution in [-0.4, -0.2) is 42.4 Å². The van der Waals surface area contributed by atoms with Gasteiger partial charge in [0.1, 0.15) is 6.61 Å². The first-order valence-electron chi connectivity index (χ1n) is 5.71. The van der Waals surface area contributed by atoms with Gasteiger partial charge in [0, 0.05) is 0 Å². The molecule has 0 spiro atoms. The summed E-state index contributed by atoms with van der Waals surface area (Å²) in [7, 11) is 1.17. The number of benzene rings is 1. The molecule has 0 saturated carbocycles. The third-order valence-corrected chi connectivity index (χ3v) is 2.81. The Morgan fingerprint density at radius 1 is 1.32 bits per heavy atom. The van der Waals surface area contributed by atoms with Gasteiger partial charge in [0.05, 0.1) is 13.7 Å². The van der Waals surface area contributed by atoms with Crippen LogP contribution in [0.3, 0.4) is 0 Å². The van der Waals surface area contributed by atoms with Crippen molar-refractivity contribution in [3.63, 3.8) is 0 Å². The number of ether oxygens (including phenoxy) is 2. The zero-order valence-corrected chi connectivity index (χ0v) is 10.4. The number of ketones is 1. The second-order valence-corrected chi connectivity index (χ2v) is 4.06. The first-order valence-corrected chi connectivity index (χ1v) is 5.71. The summed E-state index contributed by atoms with van der Waals surface area (Å²) in [4.78, 5) is 35.3. The van der Waals surface area contributed by atoms with E-state index in [0.29, 0.717) is 0 Å². The van der Waals surface area contributed by atoms with Crippen LogP contribution in [0.15, 0.2) is 30.3 Å². The number of likely N-dealkylation sites (tertiary alicyclic amines) is 1. The minimum Gasteiger partial charge on any atom is -0.467 e. The van der Waals surface area contributed by atoms with E-state index >= 15 is 0 Å². The highest BCUT2D eigenvalue weighted by Gasteiger charge is 2.47. The molecule has 1 aromatic carbocycles. The summed E-state index contributed by atoms with van der Waals surface area (Å²) in [5.41, 5.74) is 0.831. The number of methoxy groups -OCH3 is 1. The van der Waals surface area contributed by atoms with Crippen molar-refractivity contribution >= 4 is 17.8 Å². The Morgan fingerprint density at radius 3 is 2.58 bits per heavy atom. The van der Waals surface area contributed by atoms with Gasteiger partial charge in [0.2, 0.25) is 0 Å². The summed E-state index contributed by atoms with van der Waals surface area (Å²) in [6, 6.07) is 7.97. The summed E-state index contributed by atoms with van der Waals surface area (Å²) < 4.78 is 9.49. The average molecular weight is 263 g/mol. The third kappa shape index (κ3) is 2.73. The number of amides is 1. The first kappa shape index (κ1) is 13.1. The SMILES string of the molecule is COC(=O)C1C(=O)CN1C(=O)OCc1ccccc1. The van der Waals surface area contributed by atoms with Gasteiger partial charge >= 0.3 is 12.1 Å². The second kappa shape index (κ2) is 5.51. The molecule has 2 rings (SSSR count). The lowest BCUT2D eigenvalue weighted by atomic mass is 10.0. The lowest BCUT2D eigenvalue weighted by molar-refractivity contribution is -0.157. The van der Waals surface area contributed by atoms with Gasteiger partial charge < -0.3 is 9.47 Å². The smallest absolute Gasteiger partial charge is 0.411 e. The second-order valence-electron chi connectivity index (χ2n) is 4.06. The normalized spacial score (nSPS) is 17.6. The van der Waals surface area contributed by atoms with Crippen LogP contribution >= 0.6 is 0 Å². The molecule has 1 amide bonds. The lowest BCUT2D eigenvalue weighted by Gasteiger charge is -2.35. The van der Waals surface area contributed by atoms with E-state index in [1.165, 1.54) is 7.11 Å². The van der Waals surface area contributed by atoms with Crippen molar-refractivity contribution in [3.8, 4) is 0 Å². The van der Waals surface area contributed by atoms with Gasteiger partial charge in [-0.2, -0.15) is 0 Å². The van der Waals surface area contributed by atoms with Crippen molar-refractivity contribution in [2.75, 3.05) is 13.7 Å². The van der Waals surface area contributed by atoms with Crippen LogP contribution < -0.4 is 0 Å². The molecule has 1 heterocycles. The molecule has 1 aromatic rings. The van der Waals surface area contributed by atoms with Crippen molar-refractivity contribution in [2.45, 2.75) is 12.6 Å². The largest absolute Gasteiger partial charge is 0.467 e. The van der Waals surface area contributed by atoms with Crippen LogP contribution in [0.4, 0.5) is 4.79 Å². The minimum absolute atomic E-state index is 0.0955. The van der Waals surface area contributed by atoms with Crippen LogP contribution in [0.2, 0.25) is 0 Å². The molecule has 1 saturated heterocycles. The van der Waals surface area contributed by atoms with Crippen molar-refractivity contribution in [1.29, 1.82) is 0 Å². The third-order valence-electron chi connectivity index (χ3n) is 2.81. The molecule has 0 aromatic heterocycles. The molecule has 0 bridgehead atoms. The Morgan fingerprint density at radius 2 is 2.00 bits per heavy atom. The molecular weight excluding hydrogens is 250 g/mol. The van der Waals surface area contributed by atoms with Gasteiger partial charge in [-0.05, 0) is 5.56 Å². The molecule has 100 valence electrons. The number of carbonyl (C=O) groups is 3. The molecule has 0 radical (unpaired) electrons. The Kier molecular flexibility index (Phi) is 3.79. The quantitative estimate of drug-likeness (QED) is 0.594. The van der Waals surface area contributed by atoms with Gasteiger partial charge in [-0.3, -0.25) is 9.69 Å². The number of nitrogens with zero attached hydrogens (tertiary/aromatic N) is 1. The van der Waals surface area contributed by atoms with E-state index in [1.807, 2.05) is 30.3 Å². The summed E-state index contributed by atoms with van der Waals surface area (Å²) >= 11 is 0. The van der Waals surface area contributed by atoms with Gasteiger partial charge in [0.25, 0.3) is 0 Å². The maximum absolute atomic E-state index is 11.7. The van der Waals surface area contributed by atoms with Gasteiger partial charge in [0.15, 0.2) is 11.8 Å². The molecule has 1 atom stereocenters. The van der Waals surface area contributed by atoms with Gasteiger partial charge in [-0.1, -0.05) is 30.3 Å². The summed E-state index contributed by atoms with van der Waals surface area (Å²) in [5.74, 6) is -1.09. The van der Waals surface area contributed by atoms with Crippen LogP contribution in [0.5, 0.6) is 0 Å². The molecule has 1 unspecified atom stereocenters. The van der Waals surface area contributed by atoms with E-state index in [0.717, 1.165) is 10.5 Å². The average Bonchev–Trinajstić information content (AvgIpc) is 2.43. The molecule has 1 fully saturated rings. The Labute approximate surface area is 109 Å². The zero-order valence-electron chi connectivity index (χ0n) is 10.4. The molecule has 0 aliphatic carbocycles. The number of Topliss-reactive ketones (excluding diaryl/α,β-unsaturated/α-hetero) is 1. The zero-order chi connectivity index (χ0) is 13.8. The molecule has 6 nitrogen and oxygen atoms in total. The summed E-state index contributed by atoms with van der Waals surface area (Å²) in [5, 5.41) is 0. The molecular formula is C13H13NO5. The topological polar surface area (TPSA) is 72.9 Å². The predicted octanol–water partition coefficient (Wildman–Crippen LogP) is 0.749. The maximum Gasteiger partial charge on any atom is 0.411 e. The van der Waals surface area contributed by atoms with E-state index in [9.17, 15) is 14.4 Å². The minimum atomic E-state index is -1.16. The van der Waals surface area contributed by atoms with E-state index < -0.39 is 18.1 Å². The molecule has 6 heteroatoms.